The Hall–Kier alpha value is -2.43. The number of halogens is 2. The minimum Gasteiger partial charge on any atom is -0.325 e. The molecule has 0 spiro atoms. The van der Waals surface area contributed by atoms with Crippen LogP contribution in [-0.4, -0.2) is 17.6 Å². The molecular formula is C22H25BF2N2. The number of hydrogen-bond donors (Lipinski definition) is 0. The molecule has 0 N–H and O–H groups in total. The van der Waals surface area contributed by atoms with Crippen molar-refractivity contribution < 1.29 is 8.63 Å². The van der Waals surface area contributed by atoms with E-state index in [1.165, 1.54) is 5.56 Å². The van der Waals surface area contributed by atoms with Crippen LogP contribution < -0.4 is 0 Å². The molecule has 1 aliphatic rings. The molecule has 0 amide bonds. The van der Waals surface area contributed by atoms with Crippen LogP contribution in [0.2, 0.25) is 0 Å². The van der Waals surface area contributed by atoms with Crippen molar-refractivity contribution >= 4 is 18.7 Å². The molecule has 2 heterocycles. The summed E-state index contributed by atoms with van der Waals surface area (Å²) in [5.41, 5.74) is 6.44. The summed E-state index contributed by atoms with van der Waals surface area (Å²) in [6.45, 7) is 12.1. The zero-order chi connectivity index (χ0) is 19.9. The van der Waals surface area contributed by atoms with Crippen LogP contribution in [0.25, 0.3) is 16.8 Å². The van der Waals surface area contributed by atoms with Crippen molar-refractivity contribution in [2.75, 3.05) is 0 Å². The number of nitrogens with zero attached hydrogens (tertiary/aromatic N) is 2. The monoisotopic (exact) mass is 366 g/mol. The third-order valence-corrected chi connectivity index (χ3v) is 4.99. The van der Waals surface area contributed by atoms with Gasteiger partial charge in [0, 0.05) is 17.1 Å². The van der Waals surface area contributed by atoms with Gasteiger partial charge in [0.05, 0.1) is 5.70 Å². The van der Waals surface area contributed by atoms with E-state index in [9.17, 15) is 8.63 Å². The Balaban J connectivity index is 2.10. The molecule has 5 heteroatoms. The first-order valence-electron chi connectivity index (χ1n) is 9.15. The number of aliphatic imine (C=N–C) groups is 1. The highest BCUT2D eigenvalue weighted by atomic mass is 19.2. The van der Waals surface area contributed by atoms with Gasteiger partial charge in [-0.2, -0.15) is 0 Å². The van der Waals surface area contributed by atoms with Gasteiger partial charge in [-0.25, -0.2) is 0 Å². The molecule has 1 aromatic carbocycles. The van der Waals surface area contributed by atoms with E-state index in [-0.39, 0.29) is 5.41 Å². The first kappa shape index (κ1) is 19.3. The van der Waals surface area contributed by atoms with Crippen molar-refractivity contribution in [1.29, 1.82) is 0 Å². The fraction of sp³-hybridized carbons (Fsp3) is 0.318. The number of aromatic nitrogens is 1. The minimum absolute atomic E-state index is 0.0254. The molecular weight excluding hydrogens is 341 g/mol. The lowest BCUT2D eigenvalue weighted by atomic mass is 9.86. The van der Waals surface area contributed by atoms with Crippen LogP contribution in [0.5, 0.6) is 0 Å². The molecule has 0 unspecified atom stereocenters. The first-order valence-corrected chi connectivity index (χ1v) is 9.15. The molecule has 0 radical (unpaired) electrons. The van der Waals surface area contributed by atoms with Crippen molar-refractivity contribution in [3.05, 3.63) is 65.0 Å². The third-order valence-electron chi connectivity index (χ3n) is 4.99. The Bertz CT molecular complexity index is 955. The number of benzene rings is 1. The van der Waals surface area contributed by atoms with Gasteiger partial charge in [-0.1, -0.05) is 45.0 Å². The highest BCUT2D eigenvalue weighted by molar-refractivity contribution is 6.42. The molecule has 1 aromatic heterocycles. The molecule has 2 nitrogen and oxygen atoms in total. The molecule has 2 aromatic rings. The Morgan fingerprint density at radius 2 is 1.63 bits per heavy atom. The first-order chi connectivity index (χ1) is 12.6. The van der Waals surface area contributed by atoms with E-state index in [1.54, 1.807) is 12.1 Å². The molecule has 0 fully saturated rings. The van der Waals surface area contributed by atoms with Crippen molar-refractivity contribution in [3.8, 4) is 11.3 Å². The van der Waals surface area contributed by atoms with Gasteiger partial charge in [0.2, 0.25) is 0 Å². The maximum Gasteiger partial charge on any atom is 0.678 e. The van der Waals surface area contributed by atoms with E-state index < -0.39 is 7.40 Å². The van der Waals surface area contributed by atoms with Crippen molar-refractivity contribution in [1.82, 2.24) is 4.48 Å². The normalized spacial score (nSPS) is 16.3. The van der Waals surface area contributed by atoms with Crippen LogP contribution in [0.1, 0.15) is 52.8 Å². The summed E-state index contributed by atoms with van der Waals surface area (Å²) >= 11 is 0. The highest BCUT2D eigenvalue weighted by Crippen LogP contribution is 2.33. The van der Waals surface area contributed by atoms with Gasteiger partial charge in [-0.05, 0) is 66.7 Å². The molecule has 0 bridgehead atoms. The zero-order valence-electron chi connectivity index (χ0n) is 16.8. The van der Waals surface area contributed by atoms with Gasteiger partial charge < -0.3 is 4.48 Å². The molecule has 0 saturated heterocycles. The van der Waals surface area contributed by atoms with Crippen LogP contribution in [-0.2, 0) is 5.41 Å². The average molecular weight is 366 g/mol. The van der Waals surface area contributed by atoms with Crippen LogP contribution in [0.3, 0.4) is 0 Å². The van der Waals surface area contributed by atoms with Crippen LogP contribution in [0.4, 0.5) is 8.63 Å². The quantitative estimate of drug-likeness (QED) is 0.561. The SMILES string of the molecule is CC1=CC(C)=N/C1=C(/C)c1ccc(-c2ccc(C(C)(C)C)cc2)n1B(F)F. The van der Waals surface area contributed by atoms with E-state index >= 15 is 0 Å². The number of hydrogen-bond acceptors (Lipinski definition) is 1. The topological polar surface area (TPSA) is 17.3 Å². The summed E-state index contributed by atoms with van der Waals surface area (Å²) in [6, 6.07) is 11.4. The van der Waals surface area contributed by atoms with Crippen LogP contribution >= 0.6 is 0 Å². The maximum atomic E-state index is 14.0. The standard InChI is InChI=1S/C22H25BF2N2/c1-14-13-15(2)26-21(14)16(3)19-11-12-20(27(19)23(24)25)17-7-9-18(10-8-17)22(4,5)6/h7-13H,1-6H3/b21-16-. The summed E-state index contributed by atoms with van der Waals surface area (Å²) < 4.78 is 29.1. The fourth-order valence-electron chi connectivity index (χ4n) is 3.52. The number of allylic oxidation sites excluding steroid dienone is 3. The van der Waals surface area contributed by atoms with Gasteiger partial charge in [0.25, 0.3) is 0 Å². The van der Waals surface area contributed by atoms with Crippen molar-refractivity contribution in [3.63, 3.8) is 0 Å². The lowest BCUT2D eigenvalue weighted by molar-refractivity contribution is 0.590. The average Bonchev–Trinajstić information content (AvgIpc) is 3.17. The molecule has 3 rings (SSSR count). The predicted molar refractivity (Wildman–Crippen MR) is 111 cm³/mol. The Morgan fingerprint density at radius 1 is 1.00 bits per heavy atom. The van der Waals surface area contributed by atoms with Crippen molar-refractivity contribution in [2.45, 2.75) is 47.0 Å². The summed E-state index contributed by atoms with van der Waals surface area (Å²) in [7, 11) is -2.63. The molecule has 0 atom stereocenters. The van der Waals surface area contributed by atoms with Crippen molar-refractivity contribution in [2.24, 2.45) is 4.99 Å². The third kappa shape index (κ3) is 3.68. The van der Waals surface area contributed by atoms with Gasteiger partial charge in [0.1, 0.15) is 0 Å². The smallest absolute Gasteiger partial charge is 0.325 e. The van der Waals surface area contributed by atoms with E-state index in [1.807, 2.05) is 51.1 Å². The largest absolute Gasteiger partial charge is 0.678 e. The number of rotatable bonds is 3. The Labute approximate surface area is 160 Å². The van der Waals surface area contributed by atoms with E-state index in [0.29, 0.717) is 11.4 Å². The summed E-state index contributed by atoms with van der Waals surface area (Å²) in [5, 5.41) is 0. The second-order valence-corrected chi connectivity index (χ2v) is 8.13. The van der Waals surface area contributed by atoms with Gasteiger partial charge >= 0.3 is 7.40 Å². The molecule has 140 valence electrons. The Morgan fingerprint density at radius 3 is 2.11 bits per heavy atom. The van der Waals surface area contributed by atoms with Crippen LogP contribution in [0, 0.1) is 0 Å². The fourth-order valence-corrected chi connectivity index (χ4v) is 3.52. The summed E-state index contributed by atoms with van der Waals surface area (Å²) in [6.07, 6.45) is 1.97. The van der Waals surface area contributed by atoms with Gasteiger partial charge in [0.15, 0.2) is 0 Å². The van der Waals surface area contributed by atoms with Gasteiger partial charge in [-0.3, -0.25) is 13.6 Å². The van der Waals surface area contributed by atoms with Gasteiger partial charge in [-0.15, -0.1) is 0 Å². The lowest BCUT2D eigenvalue weighted by Gasteiger charge is -2.19. The highest BCUT2D eigenvalue weighted by Gasteiger charge is 2.26. The molecule has 0 saturated carbocycles. The van der Waals surface area contributed by atoms with E-state index in [2.05, 4.69) is 25.8 Å². The lowest BCUT2D eigenvalue weighted by Crippen LogP contribution is -2.17. The second-order valence-electron chi connectivity index (χ2n) is 8.13. The zero-order valence-corrected chi connectivity index (χ0v) is 16.8. The second kappa shape index (κ2) is 6.95. The predicted octanol–water partition coefficient (Wildman–Crippen LogP) is 6.38. The molecule has 27 heavy (non-hydrogen) atoms. The van der Waals surface area contributed by atoms with Crippen LogP contribution in [0.15, 0.2) is 58.7 Å². The molecule has 0 aliphatic carbocycles. The Kier molecular flexibility index (Phi) is 4.98. The van der Waals surface area contributed by atoms with E-state index in [0.717, 1.165) is 32.6 Å². The summed E-state index contributed by atoms with van der Waals surface area (Å²) in [4.78, 5) is 4.51. The summed E-state index contributed by atoms with van der Waals surface area (Å²) in [5.74, 6) is 0. The minimum atomic E-state index is -2.63. The molecule has 1 aliphatic heterocycles. The van der Waals surface area contributed by atoms with E-state index in [4.69, 9.17) is 0 Å². The maximum absolute atomic E-state index is 14.0.